The zero-order chi connectivity index (χ0) is 20.8. The van der Waals surface area contributed by atoms with Gasteiger partial charge in [0, 0.05) is 20.3 Å². The summed E-state index contributed by atoms with van der Waals surface area (Å²) in [5, 5.41) is 3.07. The Morgan fingerprint density at radius 3 is 2.52 bits per heavy atom. The molecule has 29 heavy (non-hydrogen) atoms. The average molecular weight is 399 g/mol. The van der Waals surface area contributed by atoms with Gasteiger partial charge in [-0.25, -0.2) is 9.18 Å². The van der Waals surface area contributed by atoms with Gasteiger partial charge in [-0.05, 0) is 36.2 Å². The molecule has 0 fully saturated rings. The highest BCUT2D eigenvalue weighted by Crippen LogP contribution is 2.09. The highest BCUT2D eigenvalue weighted by molar-refractivity contribution is 5.81. The molecule has 1 N–H and O–H groups in total. The van der Waals surface area contributed by atoms with E-state index in [2.05, 4.69) is 5.32 Å². The van der Waals surface area contributed by atoms with Crippen LogP contribution in [0.25, 0.3) is 10.9 Å². The van der Waals surface area contributed by atoms with Crippen LogP contribution in [-0.4, -0.2) is 35.3 Å². The maximum atomic E-state index is 13.2. The molecule has 3 aromatic rings. The first-order valence-corrected chi connectivity index (χ1v) is 9.23. The molecule has 0 aliphatic heterocycles. The molecule has 2 aromatic carbocycles. The molecule has 152 valence electrons. The molecule has 1 heterocycles. The van der Waals surface area contributed by atoms with E-state index in [1.54, 1.807) is 31.4 Å². The molecule has 8 heteroatoms. The summed E-state index contributed by atoms with van der Waals surface area (Å²) in [5.74, 6) is -0.734. The van der Waals surface area contributed by atoms with E-state index in [1.165, 1.54) is 28.8 Å². The number of nitrogens with zero attached hydrogens (tertiary/aromatic N) is 2. The van der Waals surface area contributed by atoms with Crippen molar-refractivity contribution in [2.75, 3.05) is 20.3 Å². The normalized spacial score (nSPS) is 11.0. The van der Waals surface area contributed by atoms with Gasteiger partial charge >= 0.3 is 5.69 Å². The average Bonchev–Trinajstić information content (AvgIpc) is 2.73. The van der Waals surface area contributed by atoms with E-state index in [1.807, 2.05) is 0 Å². The zero-order valence-electron chi connectivity index (χ0n) is 16.1. The Balaban J connectivity index is 1.98. The monoisotopic (exact) mass is 399 g/mol. The Hall–Kier alpha value is -3.26. The number of carbonyl (C=O) groups is 1. The highest BCUT2D eigenvalue weighted by atomic mass is 19.1. The van der Waals surface area contributed by atoms with Gasteiger partial charge in [-0.3, -0.25) is 18.7 Å². The van der Waals surface area contributed by atoms with Crippen LogP contribution in [0, 0.1) is 5.82 Å². The maximum absolute atomic E-state index is 13.2. The van der Waals surface area contributed by atoms with Gasteiger partial charge in [0.15, 0.2) is 0 Å². The Morgan fingerprint density at radius 2 is 1.79 bits per heavy atom. The van der Waals surface area contributed by atoms with E-state index in [0.717, 1.165) is 4.57 Å². The molecule has 0 radical (unpaired) electrons. The van der Waals surface area contributed by atoms with Crippen molar-refractivity contribution in [3.05, 3.63) is 80.7 Å². The number of hydrogen-bond donors (Lipinski definition) is 1. The number of halogens is 1. The number of hydrogen-bond acceptors (Lipinski definition) is 4. The third kappa shape index (κ3) is 4.78. The number of ether oxygens (including phenoxy) is 1. The number of nitrogens with one attached hydrogen (secondary N) is 1. The van der Waals surface area contributed by atoms with E-state index in [4.69, 9.17) is 4.74 Å². The second-order valence-electron chi connectivity index (χ2n) is 6.60. The van der Waals surface area contributed by atoms with Crippen molar-refractivity contribution in [1.82, 2.24) is 14.5 Å². The van der Waals surface area contributed by atoms with Crippen LogP contribution >= 0.6 is 0 Å². The van der Waals surface area contributed by atoms with Gasteiger partial charge in [0.2, 0.25) is 5.91 Å². The van der Waals surface area contributed by atoms with E-state index in [-0.39, 0.29) is 19.0 Å². The van der Waals surface area contributed by atoms with Crippen LogP contribution in [-0.2, 0) is 22.6 Å². The quantitative estimate of drug-likeness (QED) is 0.582. The Kier molecular flexibility index (Phi) is 6.56. The summed E-state index contributed by atoms with van der Waals surface area (Å²) in [4.78, 5) is 38.2. The van der Waals surface area contributed by atoms with Gasteiger partial charge in [0.25, 0.3) is 5.56 Å². The number of aromatic nitrogens is 2. The fourth-order valence-electron chi connectivity index (χ4n) is 3.08. The van der Waals surface area contributed by atoms with Crippen molar-refractivity contribution in [2.24, 2.45) is 0 Å². The lowest BCUT2D eigenvalue weighted by Crippen LogP contribution is -2.43. The molecule has 0 atom stereocenters. The van der Waals surface area contributed by atoms with Gasteiger partial charge in [-0.1, -0.05) is 24.3 Å². The maximum Gasteiger partial charge on any atom is 0.332 e. The highest BCUT2D eigenvalue weighted by Gasteiger charge is 2.15. The minimum Gasteiger partial charge on any atom is -0.385 e. The molecular weight excluding hydrogens is 377 g/mol. The van der Waals surface area contributed by atoms with Crippen LogP contribution in [0.3, 0.4) is 0 Å². The van der Waals surface area contributed by atoms with Crippen LogP contribution in [0.1, 0.15) is 12.0 Å². The lowest BCUT2D eigenvalue weighted by atomic mass is 10.2. The Labute approximate surface area is 166 Å². The molecule has 0 saturated carbocycles. The van der Waals surface area contributed by atoms with Crippen molar-refractivity contribution < 1.29 is 13.9 Å². The first-order chi connectivity index (χ1) is 14.0. The number of methoxy groups -OCH3 is 1. The second kappa shape index (κ2) is 9.29. The number of fused-ring (bicyclic) bond motifs is 1. The first-order valence-electron chi connectivity index (χ1n) is 9.23. The van der Waals surface area contributed by atoms with Gasteiger partial charge < -0.3 is 10.1 Å². The van der Waals surface area contributed by atoms with E-state index >= 15 is 0 Å². The van der Waals surface area contributed by atoms with Crippen molar-refractivity contribution in [2.45, 2.75) is 19.5 Å². The van der Waals surface area contributed by atoms with Crippen LogP contribution in [0.4, 0.5) is 4.39 Å². The lowest BCUT2D eigenvalue weighted by Gasteiger charge is -2.14. The SMILES string of the molecule is COCCCNC(=O)Cn1c(=O)n(Cc2ccc(F)cc2)c(=O)c2ccccc21. The molecular formula is C21H22FN3O4. The molecule has 1 amide bonds. The fraction of sp³-hybridized carbons (Fsp3) is 0.286. The van der Waals surface area contributed by atoms with Crippen LogP contribution in [0.15, 0.2) is 58.1 Å². The Morgan fingerprint density at radius 1 is 1.07 bits per heavy atom. The largest absolute Gasteiger partial charge is 0.385 e. The molecule has 0 aliphatic rings. The van der Waals surface area contributed by atoms with Gasteiger partial charge in [-0.15, -0.1) is 0 Å². The molecule has 0 spiro atoms. The van der Waals surface area contributed by atoms with Crippen LogP contribution in [0.2, 0.25) is 0 Å². The minimum atomic E-state index is -0.593. The number of para-hydroxylation sites is 1. The fourth-order valence-corrected chi connectivity index (χ4v) is 3.08. The molecule has 0 unspecified atom stereocenters. The predicted molar refractivity (Wildman–Crippen MR) is 107 cm³/mol. The summed E-state index contributed by atoms with van der Waals surface area (Å²) < 4.78 is 20.5. The molecule has 1 aromatic heterocycles. The van der Waals surface area contributed by atoms with Crippen LogP contribution < -0.4 is 16.6 Å². The smallest absolute Gasteiger partial charge is 0.332 e. The number of rotatable bonds is 8. The molecule has 0 bridgehead atoms. The van der Waals surface area contributed by atoms with Crippen molar-refractivity contribution in [3.8, 4) is 0 Å². The lowest BCUT2D eigenvalue weighted by molar-refractivity contribution is -0.121. The van der Waals surface area contributed by atoms with Gasteiger partial charge in [-0.2, -0.15) is 0 Å². The summed E-state index contributed by atoms with van der Waals surface area (Å²) in [6.07, 6.45) is 0.655. The molecule has 0 saturated heterocycles. The number of carbonyl (C=O) groups excluding carboxylic acids is 1. The number of amides is 1. The summed E-state index contributed by atoms with van der Waals surface area (Å²) in [6.45, 7) is 0.717. The topological polar surface area (TPSA) is 82.3 Å². The molecule has 0 aliphatic carbocycles. The summed E-state index contributed by atoms with van der Waals surface area (Å²) in [7, 11) is 1.58. The Bertz CT molecular complexity index is 1120. The molecule has 7 nitrogen and oxygen atoms in total. The zero-order valence-corrected chi connectivity index (χ0v) is 16.1. The summed E-state index contributed by atoms with van der Waals surface area (Å²) in [6, 6.07) is 12.2. The number of benzene rings is 2. The van der Waals surface area contributed by atoms with E-state index in [0.29, 0.717) is 36.0 Å². The third-order valence-electron chi connectivity index (χ3n) is 4.54. The van der Waals surface area contributed by atoms with Crippen molar-refractivity contribution in [1.29, 1.82) is 0 Å². The van der Waals surface area contributed by atoms with Gasteiger partial charge in [0.1, 0.15) is 12.4 Å². The minimum absolute atomic E-state index is 0.0156. The van der Waals surface area contributed by atoms with E-state index in [9.17, 15) is 18.8 Å². The summed E-state index contributed by atoms with van der Waals surface area (Å²) >= 11 is 0. The van der Waals surface area contributed by atoms with Gasteiger partial charge in [0.05, 0.1) is 17.4 Å². The standard InChI is InChI=1S/C21H22FN3O4/c1-29-12-4-11-23-19(26)14-24-18-6-3-2-5-17(18)20(27)25(21(24)28)13-15-7-9-16(22)10-8-15/h2-3,5-10H,4,11-14H2,1H3,(H,23,26). The summed E-state index contributed by atoms with van der Waals surface area (Å²) in [5.41, 5.74) is -0.0434. The van der Waals surface area contributed by atoms with Crippen molar-refractivity contribution in [3.63, 3.8) is 0 Å². The third-order valence-corrected chi connectivity index (χ3v) is 4.54. The van der Waals surface area contributed by atoms with Crippen molar-refractivity contribution >= 4 is 16.8 Å². The predicted octanol–water partition coefficient (Wildman–Crippen LogP) is 1.50. The molecule has 3 rings (SSSR count). The second-order valence-corrected chi connectivity index (χ2v) is 6.60. The van der Waals surface area contributed by atoms with Crippen LogP contribution in [0.5, 0.6) is 0 Å². The first kappa shape index (κ1) is 20.5. The van der Waals surface area contributed by atoms with E-state index < -0.39 is 17.1 Å².